The zero-order valence-electron chi connectivity index (χ0n) is 17.2. The van der Waals surface area contributed by atoms with Gasteiger partial charge >= 0.3 is 5.97 Å². The van der Waals surface area contributed by atoms with E-state index in [1.54, 1.807) is 26.0 Å². The maximum absolute atomic E-state index is 13.1. The van der Waals surface area contributed by atoms with E-state index in [1.165, 1.54) is 10.6 Å². The van der Waals surface area contributed by atoms with Gasteiger partial charge in [-0.1, -0.05) is 12.1 Å². The minimum Gasteiger partial charge on any atom is -0.462 e. The lowest BCUT2D eigenvalue weighted by molar-refractivity contribution is -0.146. The van der Waals surface area contributed by atoms with Crippen LogP contribution in [0, 0.1) is 18.6 Å². The maximum Gasteiger partial charge on any atom is 0.325 e. The van der Waals surface area contributed by atoms with Crippen molar-refractivity contribution in [3.05, 3.63) is 68.2 Å². The number of carbonyl (C=O) groups is 2. The van der Waals surface area contributed by atoms with Crippen LogP contribution < -0.4 is 10.9 Å². The Balaban J connectivity index is 1.96. The monoisotopic (exact) mass is 425 g/mol. The molecule has 0 aliphatic carbocycles. The third-order valence-electron chi connectivity index (χ3n) is 4.74. The number of aromatic amines is 1. The number of aromatic nitrogens is 2. The van der Waals surface area contributed by atoms with Crippen LogP contribution >= 0.6 is 12.2 Å². The number of rotatable bonds is 5. The molecular formula is C22H23N3O4S. The molecule has 30 heavy (non-hydrogen) atoms. The smallest absolute Gasteiger partial charge is 0.325 e. The number of H-pyrrole nitrogens is 1. The lowest BCUT2D eigenvalue weighted by atomic mass is 10.1. The Hall–Kier alpha value is -3.26. The minimum absolute atomic E-state index is 0.235. The van der Waals surface area contributed by atoms with Gasteiger partial charge in [0.2, 0.25) is 0 Å². The van der Waals surface area contributed by atoms with Gasteiger partial charge in [-0.25, -0.2) is 0 Å². The number of fused-ring (bicyclic) bond motifs is 1. The summed E-state index contributed by atoms with van der Waals surface area (Å²) in [5.41, 5.74) is 3.21. The highest BCUT2D eigenvalue weighted by Gasteiger charge is 2.14. The Morgan fingerprint density at radius 3 is 2.63 bits per heavy atom. The van der Waals surface area contributed by atoms with Crippen molar-refractivity contribution in [2.45, 2.75) is 33.8 Å². The first-order valence-corrected chi connectivity index (χ1v) is 9.93. The van der Waals surface area contributed by atoms with Crippen LogP contribution in [0.25, 0.3) is 16.6 Å². The van der Waals surface area contributed by atoms with Gasteiger partial charge in [0.15, 0.2) is 4.77 Å². The van der Waals surface area contributed by atoms with E-state index in [4.69, 9.17) is 17.0 Å². The van der Waals surface area contributed by atoms with Gasteiger partial charge in [-0.05, 0) is 75.3 Å². The van der Waals surface area contributed by atoms with Crippen LogP contribution in [0.2, 0.25) is 0 Å². The highest BCUT2D eigenvalue weighted by Crippen LogP contribution is 2.18. The van der Waals surface area contributed by atoms with E-state index in [0.29, 0.717) is 22.2 Å². The zero-order valence-corrected chi connectivity index (χ0v) is 18.1. The van der Waals surface area contributed by atoms with E-state index in [0.717, 1.165) is 11.1 Å². The second-order valence-corrected chi connectivity index (χ2v) is 7.66. The fourth-order valence-electron chi connectivity index (χ4n) is 3.11. The normalized spacial score (nSPS) is 11.0. The molecule has 0 aliphatic rings. The molecule has 0 bridgehead atoms. The van der Waals surface area contributed by atoms with Gasteiger partial charge in [-0.3, -0.25) is 19.0 Å². The zero-order chi connectivity index (χ0) is 22.0. The van der Waals surface area contributed by atoms with E-state index in [9.17, 15) is 14.4 Å². The number of hydrogen-bond acceptors (Lipinski definition) is 5. The van der Waals surface area contributed by atoms with Crippen LogP contribution in [0.3, 0.4) is 0 Å². The van der Waals surface area contributed by atoms with Crippen molar-refractivity contribution in [3.63, 3.8) is 0 Å². The van der Waals surface area contributed by atoms with Crippen LogP contribution in [-0.4, -0.2) is 34.1 Å². The summed E-state index contributed by atoms with van der Waals surface area (Å²) < 4.78 is 6.69. The fraction of sp³-hybridized carbons (Fsp3) is 0.273. The molecule has 1 aromatic heterocycles. The molecule has 0 spiro atoms. The summed E-state index contributed by atoms with van der Waals surface area (Å²) in [6.07, 6.45) is -0.255. The van der Waals surface area contributed by atoms with E-state index in [1.807, 2.05) is 32.0 Å². The molecule has 3 aromatic rings. The second kappa shape index (κ2) is 8.62. The molecule has 156 valence electrons. The number of ether oxygens (including phenoxy) is 1. The SMILES string of the molecule is Cc1cccc(-n2c(=S)[nH]c3cc(C(=O)NCC(=O)OC(C)C)ccc3c2=O)c1C. The number of nitrogens with zero attached hydrogens (tertiary/aromatic N) is 1. The molecule has 0 saturated heterocycles. The first-order valence-electron chi connectivity index (χ1n) is 9.52. The molecule has 0 radical (unpaired) electrons. The average Bonchev–Trinajstić information content (AvgIpc) is 2.68. The van der Waals surface area contributed by atoms with Crippen LogP contribution in [0.4, 0.5) is 0 Å². The van der Waals surface area contributed by atoms with Gasteiger partial charge in [-0.15, -0.1) is 0 Å². The van der Waals surface area contributed by atoms with E-state index >= 15 is 0 Å². The molecule has 1 amide bonds. The highest BCUT2D eigenvalue weighted by molar-refractivity contribution is 7.71. The van der Waals surface area contributed by atoms with Crippen molar-refractivity contribution in [2.75, 3.05) is 6.54 Å². The molecule has 0 atom stereocenters. The van der Waals surface area contributed by atoms with E-state index in [-0.39, 0.29) is 23.0 Å². The third kappa shape index (κ3) is 4.33. The Kier molecular flexibility index (Phi) is 6.17. The highest BCUT2D eigenvalue weighted by atomic mass is 32.1. The Morgan fingerprint density at radius 1 is 1.20 bits per heavy atom. The van der Waals surface area contributed by atoms with Gasteiger partial charge in [0.25, 0.3) is 11.5 Å². The van der Waals surface area contributed by atoms with Gasteiger partial charge in [0.1, 0.15) is 6.54 Å². The molecule has 8 heteroatoms. The molecule has 7 nitrogen and oxygen atoms in total. The largest absolute Gasteiger partial charge is 0.462 e. The van der Waals surface area contributed by atoms with Gasteiger partial charge in [-0.2, -0.15) is 0 Å². The van der Waals surface area contributed by atoms with Crippen molar-refractivity contribution in [2.24, 2.45) is 0 Å². The molecule has 0 aliphatic heterocycles. The molecule has 0 fully saturated rings. The van der Waals surface area contributed by atoms with Crippen molar-refractivity contribution < 1.29 is 14.3 Å². The Bertz CT molecular complexity index is 1260. The molecule has 1 heterocycles. The Morgan fingerprint density at radius 2 is 1.93 bits per heavy atom. The van der Waals surface area contributed by atoms with Gasteiger partial charge < -0.3 is 15.0 Å². The molecule has 2 aromatic carbocycles. The summed E-state index contributed by atoms with van der Waals surface area (Å²) in [6.45, 7) is 7.14. The number of carbonyl (C=O) groups excluding carboxylic acids is 2. The molecule has 0 unspecified atom stereocenters. The summed E-state index contributed by atoms with van der Waals surface area (Å²) in [4.78, 5) is 40.2. The predicted octanol–water partition coefficient (Wildman–Crippen LogP) is 3.35. The summed E-state index contributed by atoms with van der Waals surface area (Å²) >= 11 is 5.43. The number of amides is 1. The fourth-order valence-corrected chi connectivity index (χ4v) is 3.41. The van der Waals surface area contributed by atoms with Crippen molar-refractivity contribution >= 4 is 35.0 Å². The number of benzene rings is 2. The maximum atomic E-state index is 13.1. The van der Waals surface area contributed by atoms with Crippen molar-refractivity contribution in [1.82, 2.24) is 14.9 Å². The molecule has 2 N–H and O–H groups in total. The minimum atomic E-state index is -0.519. The van der Waals surface area contributed by atoms with Crippen LogP contribution in [0.1, 0.15) is 35.3 Å². The lowest BCUT2D eigenvalue weighted by Gasteiger charge is -2.13. The molecule has 3 rings (SSSR count). The second-order valence-electron chi connectivity index (χ2n) is 7.27. The first-order chi connectivity index (χ1) is 14.2. The number of nitrogens with one attached hydrogen (secondary N) is 2. The number of esters is 1. The predicted molar refractivity (Wildman–Crippen MR) is 118 cm³/mol. The van der Waals surface area contributed by atoms with Crippen LogP contribution in [-0.2, 0) is 9.53 Å². The quantitative estimate of drug-likeness (QED) is 0.483. The number of aryl methyl sites for hydroxylation is 1. The van der Waals surface area contributed by atoms with Gasteiger partial charge in [0.05, 0.1) is 22.7 Å². The molecule has 0 saturated carbocycles. The third-order valence-corrected chi connectivity index (χ3v) is 5.02. The van der Waals surface area contributed by atoms with Crippen LogP contribution in [0.15, 0.2) is 41.2 Å². The van der Waals surface area contributed by atoms with E-state index in [2.05, 4.69) is 10.3 Å². The average molecular weight is 426 g/mol. The summed E-state index contributed by atoms with van der Waals surface area (Å²) in [5.74, 6) is -0.967. The summed E-state index contributed by atoms with van der Waals surface area (Å²) in [5, 5.41) is 2.92. The van der Waals surface area contributed by atoms with Crippen molar-refractivity contribution in [1.29, 1.82) is 0 Å². The first kappa shape index (κ1) is 21.4. The Labute approximate surface area is 178 Å². The standard InChI is InChI=1S/C22H23N3O4S/c1-12(2)29-19(26)11-23-20(27)15-8-9-16-17(10-15)24-22(30)25(21(16)28)18-7-5-6-13(3)14(18)4/h5-10,12H,11H2,1-4H3,(H,23,27)(H,24,30). The summed E-state index contributed by atoms with van der Waals surface area (Å²) in [7, 11) is 0. The van der Waals surface area contributed by atoms with Crippen LogP contribution in [0.5, 0.6) is 0 Å². The van der Waals surface area contributed by atoms with Crippen molar-refractivity contribution in [3.8, 4) is 5.69 Å². The summed E-state index contributed by atoms with van der Waals surface area (Å²) in [6, 6.07) is 10.4. The van der Waals surface area contributed by atoms with Gasteiger partial charge in [0, 0.05) is 5.56 Å². The number of hydrogen-bond donors (Lipinski definition) is 2. The molecular weight excluding hydrogens is 402 g/mol. The lowest BCUT2D eigenvalue weighted by Crippen LogP contribution is -2.31. The van der Waals surface area contributed by atoms with E-state index < -0.39 is 11.9 Å². The topological polar surface area (TPSA) is 93.2 Å².